The van der Waals surface area contributed by atoms with Crippen molar-refractivity contribution in [1.29, 1.82) is 5.26 Å². The van der Waals surface area contributed by atoms with Crippen molar-refractivity contribution in [3.63, 3.8) is 0 Å². The second-order valence-electron chi connectivity index (χ2n) is 6.69. The van der Waals surface area contributed by atoms with Gasteiger partial charge in [-0.2, -0.15) is 5.26 Å². The SMILES string of the molecule is C=C(C)C(=O)OCCOC(=O)C(C#N)=Cc1ccc2cc(N(CC)CC)ccc2c1. The van der Waals surface area contributed by atoms with E-state index in [2.05, 4.69) is 37.5 Å². The molecule has 0 aliphatic heterocycles. The molecule has 0 fully saturated rings. The predicted octanol–water partition coefficient (Wildman–Crippen LogP) is 4.26. The summed E-state index contributed by atoms with van der Waals surface area (Å²) in [6.45, 7) is 10.9. The number of rotatable bonds is 9. The summed E-state index contributed by atoms with van der Waals surface area (Å²) in [5, 5.41) is 11.4. The summed E-state index contributed by atoms with van der Waals surface area (Å²) in [4.78, 5) is 25.7. The zero-order valence-corrected chi connectivity index (χ0v) is 17.6. The molecule has 6 heteroatoms. The van der Waals surface area contributed by atoms with E-state index in [-0.39, 0.29) is 24.4 Å². The fraction of sp³-hybridized carbons (Fsp3) is 0.292. The largest absolute Gasteiger partial charge is 0.459 e. The summed E-state index contributed by atoms with van der Waals surface area (Å²) in [6.07, 6.45) is 1.49. The molecule has 2 aromatic carbocycles. The number of nitrogens with zero attached hydrogens (tertiary/aromatic N) is 2. The molecule has 0 aliphatic carbocycles. The normalized spacial score (nSPS) is 10.9. The molecule has 2 rings (SSSR count). The standard InChI is InChI=1S/C24H26N2O4/c1-5-26(6-2)22-10-9-19-13-18(7-8-20(19)15-22)14-21(16-25)24(28)30-12-11-29-23(27)17(3)4/h7-10,13-15H,3,5-6,11-12H2,1-2,4H3. The van der Waals surface area contributed by atoms with Gasteiger partial charge in [0.05, 0.1) is 0 Å². The van der Waals surface area contributed by atoms with Gasteiger partial charge < -0.3 is 14.4 Å². The van der Waals surface area contributed by atoms with Crippen molar-refractivity contribution in [1.82, 2.24) is 0 Å². The topological polar surface area (TPSA) is 79.6 Å². The molecule has 0 bridgehead atoms. The van der Waals surface area contributed by atoms with E-state index >= 15 is 0 Å². The van der Waals surface area contributed by atoms with Gasteiger partial charge in [-0.3, -0.25) is 0 Å². The van der Waals surface area contributed by atoms with Crippen LogP contribution in [-0.4, -0.2) is 38.2 Å². The lowest BCUT2D eigenvalue weighted by atomic mass is 10.0. The third-order valence-electron chi connectivity index (χ3n) is 4.53. The number of hydrogen-bond donors (Lipinski definition) is 0. The molecule has 156 valence electrons. The van der Waals surface area contributed by atoms with Gasteiger partial charge in [-0.25, -0.2) is 9.59 Å². The number of carbonyl (C=O) groups excluding carboxylic acids is 2. The van der Waals surface area contributed by atoms with Crippen LogP contribution in [0.4, 0.5) is 5.69 Å². The van der Waals surface area contributed by atoms with E-state index in [1.807, 2.05) is 30.3 Å². The molecule has 0 N–H and O–H groups in total. The molecule has 2 aromatic rings. The van der Waals surface area contributed by atoms with Gasteiger partial charge in [-0.15, -0.1) is 0 Å². The first-order valence-corrected chi connectivity index (χ1v) is 9.79. The smallest absolute Gasteiger partial charge is 0.349 e. The van der Waals surface area contributed by atoms with Gasteiger partial charge in [-0.1, -0.05) is 24.8 Å². The second kappa shape index (κ2) is 10.8. The fourth-order valence-corrected chi connectivity index (χ4v) is 2.90. The van der Waals surface area contributed by atoms with Crippen LogP contribution < -0.4 is 4.90 Å². The van der Waals surface area contributed by atoms with Crippen LogP contribution in [0.3, 0.4) is 0 Å². The summed E-state index contributed by atoms with van der Waals surface area (Å²) in [5.74, 6) is -1.32. The molecule has 0 unspecified atom stereocenters. The number of anilines is 1. The first-order valence-electron chi connectivity index (χ1n) is 9.79. The van der Waals surface area contributed by atoms with Crippen LogP contribution in [0.5, 0.6) is 0 Å². The average molecular weight is 406 g/mol. The molecular weight excluding hydrogens is 380 g/mol. The molecule has 0 radical (unpaired) electrons. The van der Waals surface area contributed by atoms with E-state index in [0.717, 1.165) is 35.1 Å². The number of carbonyl (C=O) groups is 2. The minimum absolute atomic E-state index is 0.0962. The minimum Gasteiger partial charge on any atom is -0.459 e. The Morgan fingerprint density at radius 1 is 1.03 bits per heavy atom. The Hall–Kier alpha value is -3.59. The highest BCUT2D eigenvalue weighted by atomic mass is 16.6. The Kier molecular flexibility index (Phi) is 8.18. The third kappa shape index (κ3) is 5.95. The summed E-state index contributed by atoms with van der Waals surface area (Å²) in [7, 11) is 0. The van der Waals surface area contributed by atoms with Crippen LogP contribution in [0.25, 0.3) is 16.8 Å². The quantitative estimate of drug-likeness (QED) is 0.268. The van der Waals surface area contributed by atoms with Crippen molar-refractivity contribution >= 4 is 34.5 Å². The first-order chi connectivity index (χ1) is 14.4. The number of benzene rings is 2. The van der Waals surface area contributed by atoms with Gasteiger partial charge in [0.2, 0.25) is 0 Å². The van der Waals surface area contributed by atoms with Crippen LogP contribution in [0.1, 0.15) is 26.3 Å². The summed E-state index contributed by atoms with van der Waals surface area (Å²) in [5.41, 5.74) is 2.02. The Morgan fingerprint density at radius 3 is 2.23 bits per heavy atom. The van der Waals surface area contributed by atoms with Crippen molar-refractivity contribution < 1.29 is 19.1 Å². The molecule has 6 nitrogen and oxygen atoms in total. The van der Waals surface area contributed by atoms with Gasteiger partial charge >= 0.3 is 11.9 Å². The highest BCUT2D eigenvalue weighted by molar-refractivity contribution is 5.98. The van der Waals surface area contributed by atoms with Crippen molar-refractivity contribution in [2.24, 2.45) is 0 Å². The van der Waals surface area contributed by atoms with E-state index in [9.17, 15) is 14.9 Å². The monoisotopic (exact) mass is 406 g/mol. The number of hydrogen-bond acceptors (Lipinski definition) is 6. The zero-order valence-electron chi connectivity index (χ0n) is 17.6. The molecule has 0 saturated carbocycles. The van der Waals surface area contributed by atoms with E-state index < -0.39 is 11.9 Å². The molecule has 0 aliphatic rings. The fourth-order valence-electron chi connectivity index (χ4n) is 2.90. The van der Waals surface area contributed by atoms with E-state index in [4.69, 9.17) is 9.47 Å². The maximum atomic E-state index is 12.1. The van der Waals surface area contributed by atoms with Crippen molar-refractivity contribution in [3.05, 3.63) is 59.7 Å². The summed E-state index contributed by atoms with van der Waals surface area (Å²) < 4.78 is 9.86. The lowest BCUT2D eigenvalue weighted by Gasteiger charge is -2.21. The number of ether oxygens (including phenoxy) is 2. The Labute approximate surface area is 177 Å². The first kappa shape index (κ1) is 22.7. The Bertz CT molecular complexity index is 1010. The highest BCUT2D eigenvalue weighted by Crippen LogP contribution is 2.24. The average Bonchev–Trinajstić information content (AvgIpc) is 2.75. The van der Waals surface area contributed by atoms with Crippen molar-refractivity contribution in [2.45, 2.75) is 20.8 Å². The maximum Gasteiger partial charge on any atom is 0.349 e. The summed E-state index contributed by atoms with van der Waals surface area (Å²) >= 11 is 0. The summed E-state index contributed by atoms with van der Waals surface area (Å²) in [6, 6.07) is 13.8. The molecular formula is C24H26N2O4. The predicted molar refractivity (Wildman–Crippen MR) is 118 cm³/mol. The van der Waals surface area contributed by atoms with Crippen LogP contribution in [-0.2, 0) is 19.1 Å². The van der Waals surface area contributed by atoms with Gasteiger partial charge in [-0.05, 0) is 61.4 Å². The third-order valence-corrected chi connectivity index (χ3v) is 4.53. The highest BCUT2D eigenvalue weighted by Gasteiger charge is 2.12. The Morgan fingerprint density at radius 2 is 1.63 bits per heavy atom. The molecule has 0 spiro atoms. The number of esters is 2. The van der Waals surface area contributed by atoms with Crippen LogP contribution in [0.15, 0.2) is 54.1 Å². The van der Waals surface area contributed by atoms with Crippen molar-refractivity contribution in [2.75, 3.05) is 31.2 Å². The van der Waals surface area contributed by atoms with Crippen molar-refractivity contribution in [3.8, 4) is 6.07 Å². The van der Waals surface area contributed by atoms with Gasteiger partial charge in [0.1, 0.15) is 24.9 Å². The van der Waals surface area contributed by atoms with Crippen LogP contribution >= 0.6 is 0 Å². The lowest BCUT2D eigenvalue weighted by molar-refractivity contribution is -0.147. The van der Waals surface area contributed by atoms with Gasteiger partial charge in [0.25, 0.3) is 0 Å². The molecule has 0 heterocycles. The number of nitriles is 1. The van der Waals surface area contributed by atoms with E-state index in [1.165, 1.54) is 13.0 Å². The molecule has 0 saturated heterocycles. The minimum atomic E-state index is -0.763. The number of fused-ring (bicyclic) bond motifs is 1. The van der Waals surface area contributed by atoms with Crippen LogP contribution in [0, 0.1) is 11.3 Å². The molecule has 30 heavy (non-hydrogen) atoms. The second-order valence-corrected chi connectivity index (χ2v) is 6.69. The van der Waals surface area contributed by atoms with Gasteiger partial charge in [0, 0.05) is 24.4 Å². The molecule has 0 aromatic heterocycles. The van der Waals surface area contributed by atoms with Gasteiger partial charge in [0.15, 0.2) is 0 Å². The maximum absolute atomic E-state index is 12.1. The zero-order chi connectivity index (χ0) is 22.1. The van der Waals surface area contributed by atoms with Crippen LogP contribution in [0.2, 0.25) is 0 Å². The molecule has 0 atom stereocenters. The molecule has 0 amide bonds. The Balaban J connectivity index is 2.10. The van der Waals surface area contributed by atoms with E-state index in [0.29, 0.717) is 0 Å². The van der Waals surface area contributed by atoms with E-state index in [1.54, 1.807) is 0 Å². The lowest BCUT2D eigenvalue weighted by Crippen LogP contribution is -2.21.